The van der Waals surface area contributed by atoms with E-state index in [9.17, 15) is 13.2 Å². The van der Waals surface area contributed by atoms with E-state index in [0.29, 0.717) is 6.42 Å². The first-order valence-electron chi connectivity index (χ1n) is 6.60. The van der Waals surface area contributed by atoms with Crippen LogP contribution < -0.4 is 5.32 Å². The number of carbonyl (C=O) groups excluding carboxylic acids is 1. The smallest absolute Gasteiger partial charge is 0.233 e. The Morgan fingerprint density at radius 2 is 2.00 bits per heavy atom. The van der Waals surface area contributed by atoms with Gasteiger partial charge in [0.05, 0.1) is 16.8 Å². The summed E-state index contributed by atoms with van der Waals surface area (Å²) >= 11 is 1.48. The van der Waals surface area contributed by atoms with Gasteiger partial charge in [0.1, 0.15) is 0 Å². The van der Waals surface area contributed by atoms with Gasteiger partial charge in [-0.05, 0) is 32.4 Å². The molecule has 6 heteroatoms. The molecule has 20 heavy (non-hydrogen) atoms. The van der Waals surface area contributed by atoms with Crippen LogP contribution in [0.2, 0.25) is 0 Å². The minimum atomic E-state index is -2.95. The van der Waals surface area contributed by atoms with Gasteiger partial charge in [-0.3, -0.25) is 4.79 Å². The Labute approximate surface area is 124 Å². The van der Waals surface area contributed by atoms with Crippen LogP contribution >= 0.6 is 11.8 Å². The molecule has 0 saturated carbocycles. The average Bonchev–Trinajstić information content (AvgIpc) is 2.71. The molecule has 0 bridgehead atoms. The predicted molar refractivity (Wildman–Crippen MR) is 81.7 cm³/mol. The third-order valence-electron chi connectivity index (χ3n) is 3.28. The summed E-state index contributed by atoms with van der Waals surface area (Å²) in [6, 6.07) is 7.77. The Balaban J connectivity index is 1.88. The summed E-state index contributed by atoms with van der Waals surface area (Å²) in [6.07, 6.45) is 0.524. The van der Waals surface area contributed by atoms with Crippen molar-refractivity contribution in [1.82, 2.24) is 5.32 Å². The fourth-order valence-electron chi connectivity index (χ4n) is 2.10. The fourth-order valence-corrected chi connectivity index (χ4v) is 4.65. The average molecular weight is 313 g/mol. The summed E-state index contributed by atoms with van der Waals surface area (Å²) in [4.78, 5) is 13.1. The third-order valence-corrected chi connectivity index (χ3v) is 6.16. The topological polar surface area (TPSA) is 63.2 Å². The van der Waals surface area contributed by atoms with E-state index >= 15 is 0 Å². The van der Waals surface area contributed by atoms with Crippen molar-refractivity contribution in [2.24, 2.45) is 0 Å². The second-order valence-electron chi connectivity index (χ2n) is 5.18. The molecule has 1 aliphatic heterocycles. The van der Waals surface area contributed by atoms with Gasteiger partial charge in [-0.15, -0.1) is 11.8 Å². The standard InChI is InChI=1S/C14H19NO3S2/c1-10-3-5-13(6-4-10)19-11(2)14(16)15-12-7-8-20(17,18)9-12/h3-6,11-12H,7-9H2,1-2H3,(H,15,16)/t11-,12-/m0/s1. The Hall–Kier alpha value is -1.01. The Morgan fingerprint density at radius 1 is 1.35 bits per heavy atom. The van der Waals surface area contributed by atoms with Crippen LogP contribution in [0.3, 0.4) is 0 Å². The molecule has 1 fully saturated rings. The van der Waals surface area contributed by atoms with Crippen molar-refractivity contribution < 1.29 is 13.2 Å². The van der Waals surface area contributed by atoms with Crippen molar-refractivity contribution in [1.29, 1.82) is 0 Å². The molecule has 2 rings (SSSR count). The van der Waals surface area contributed by atoms with E-state index in [4.69, 9.17) is 0 Å². The molecule has 2 atom stereocenters. The van der Waals surface area contributed by atoms with Gasteiger partial charge in [-0.2, -0.15) is 0 Å². The number of thioether (sulfide) groups is 1. The quantitative estimate of drug-likeness (QED) is 0.861. The molecule has 1 amide bonds. The van der Waals surface area contributed by atoms with Gasteiger partial charge in [0, 0.05) is 10.9 Å². The molecule has 1 heterocycles. The lowest BCUT2D eigenvalue weighted by molar-refractivity contribution is -0.120. The summed E-state index contributed by atoms with van der Waals surface area (Å²) in [5, 5.41) is 2.59. The zero-order valence-corrected chi connectivity index (χ0v) is 13.3. The first-order chi connectivity index (χ1) is 9.35. The lowest BCUT2D eigenvalue weighted by atomic mass is 10.2. The van der Waals surface area contributed by atoms with Gasteiger partial charge in [-0.25, -0.2) is 8.42 Å². The van der Waals surface area contributed by atoms with Crippen molar-refractivity contribution in [2.75, 3.05) is 11.5 Å². The van der Waals surface area contributed by atoms with Crippen LogP contribution in [0.1, 0.15) is 18.9 Å². The van der Waals surface area contributed by atoms with E-state index in [1.54, 1.807) is 0 Å². The van der Waals surface area contributed by atoms with Crippen LogP contribution in [0, 0.1) is 6.92 Å². The molecule has 0 aromatic heterocycles. The van der Waals surface area contributed by atoms with Crippen LogP contribution in [-0.4, -0.2) is 37.1 Å². The first-order valence-corrected chi connectivity index (χ1v) is 9.30. The number of rotatable bonds is 4. The number of aryl methyl sites for hydroxylation is 1. The van der Waals surface area contributed by atoms with Crippen molar-refractivity contribution in [3.8, 4) is 0 Å². The van der Waals surface area contributed by atoms with Crippen molar-refractivity contribution >= 4 is 27.5 Å². The maximum absolute atomic E-state index is 12.1. The van der Waals surface area contributed by atoms with Crippen molar-refractivity contribution in [2.45, 2.75) is 36.5 Å². The monoisotopic (exact) mass is 313 g/mol. The molecule has 110 valence electrons. The molecule has 1 aromatic carbocycles. The molecule has 0 aliphatic carbocycles. The van der Waals surface area contributed by atoms with E-state index < -0.39 is 9.84 Å². The van der Waals surface area contributed by atoms with Gasteiger partial charge >= 0.3 is 0 Å². The molecule has 0 spiro atoms. The zero-order valence-electron chi connectivity index (χ0n) is 11.6. The zero-order chi connectivity index (χ0) is 14.8. The molecular formula is C14H19NO3S2. The molecular weight excluding hydrogens is 294 g/mol. The van der Waals surface area contributed by atoms with E-state index in [1.165, 1.54) is 17.3 Å². The van der Waals surface area contributed by atoms with E-state index in [0.717, 1.165) is 4.90 Å². The number of nitrogens with one attached hydrogen (secondary N) is 1. The number of amides is 1. The molecule has 4 nitrogen and oxygen atoms in total. The van der Waals surface area contributed by atoms with Crippen LogP contribution in [0.4, 0.5) is 0 Å². The number of hydrogen-bond donors (Lipinski definition) is 1. The third kappa shape index (κ3) is 4.24. The van der Waals surface area contributed by atoms with Crippen LogP contribution in [-0.2, 0) is 14.6 Å². The van der Waals surface area contributed by atoms with Gasteiger partial charge < -0.3 is 5.32 Å². The largest absolute Gasteiger partial charge is 0.351 e. The SMILES string of the molecule is Cc1ccc(S[C@@H](C)C(=O)N[C@H]2CCS(=O)(=O)C2)cc1. The molecule has 1 aliphatic rings. The number of sulfone groups is 1. The van der Waals surface area contributed by atoms with Crippen molar-refractivity contribution in [3.05, 3.63) is 29.8 Å². The number of carbonyl (C=O) groups is 1. The van der Waals surface area contributed by atoms with Gasteiger partial charge in [-0.1, -0.05) is 17.7 Å². The van der Waals surface area contributed by atoms with Crippen molar-refractivity contribution in [3.63, 3.8) is 0 Å². The fraction of sp³-hybridized carbons (Fsp3) is 0.500. The second kappa shape index (κ2) is 6.18. The van der Waals surface area contributed by atoms with Crippen LogP contribution in [0.25, 0.3) is 0 Å². The minimum Gasteiger partial charge on any atom is -0.351 e. The molecule has 1 saturated heterocycles. The first kappa shape index (κ1) is 15.4. The van der Waals surface area contributed by atoms with Gasteiger partial charge in [0.25, 0.3) is 0 Å². The Bertz CT molecular complexity index is 581. The Morgan fingerprint density at radius 3 is 2.55 bits per heavy atom. The summed E-state index contributed by atoms with van der Waals surface area (Å²) < 4.78 is 22.7. The van der Waals surface area contributed by atoms with E-state index in [2.05, 4.69) is 5.32 Å². The summed E-state index contributed by atoms with van der Waals surface area (Å²) in [5.41, 5.74) is 1.18. The Kier molecular flexibility index (Phi) is 4.75. The lowest BCUT2D eigenvalue weighted by Gasteiger charge is -2.15. The molecule has 1 aromatic rings. The van der Waals surface area contributed by atoms with Gasteiger partial charge in [0.2, 0.25) is 5.91 Å². The molecule has 1 N–H and O–H groups in total. The lowest BCUT2D eigenvalue weighted by Crippen LogP contribution is -2.39. The van der Waals surface area contributed by atoms with E-state index in [1.807, 2.05) is 38.1 Å². The second-order valence-corrected chi connectivity index (χ2v) is 8.82. The minimum absolute atomic E-state index is 0.0701. The molecule has 0 unspecified atom stereocenters. The maximum atomic E-state index is 12.1. The summed E-state index contributed by atoms with van der Waals surface area (Å²) in [7, 11) is -2.95. The van der Waals surface area contributed by atoms with Crippen LogP contribution in [0.15, 0.2) is 29.2 Å². The maximum Gasteiger partial charge on any atom is 0.233 e. The van der Waals surface area contributed by atoms with Gasteiger partial charge in [0.15, 0.2) is 9.84 Å². The highest BCUT2D eigenvalue weighted by molar-refractivity contribution is 8.00. The highest BCUT2D eigenvalue weighted by Gasteiger charge is 2.30. The molecule has 0 radical (unpaired) electrons. The summed E-state index contributed by atoms with van der Waals surface area (Å²) in [5.74, 6) is 0.149. The number of hydrogen-bond acceptors (Lipinski definition) is 4. The van der Waals surface area contributed by atoms with E-state index in [-0.39, 0.29) is 28.7 Å². The number of benzene rings is 1. The van der Waals surface area contributed by atoms with Crippen LogP contribution in [0.5, 0.6) is 0 Å². The predicted octanol–water partition coefficient (Wildman–Crippen LogP) is 1.78. The normalized spacial score (nSPS) is 22.4. The summed E-state index contributed by atoms with van der Waals surface area (Å²) in [6.45, 7) is 3.86. The highest BCUT2D eigenvalue weighted by Crippen LogP contribution is 2.24. The highest BCUT2D eigenvalue weighted by atomic mass is 32.2.